The van der Waals surface area contributed by atoms with Crippen molar-refractivity contribution in [3.8, 4) is 0 Å². The third kappa shape index (κ3) is 5.67. The van der Waals surface area contributed by atoms with Gasteiger partial charge in [0.15, 0.2) is 0 Å². The molecule has 1 aliphatic rings. The summed E-state index contributed by atoms with van der Waals surface area (Å²) >= 11 is 0. The molecule has 0 saturated carbocycles. The summed E-state index contributed by atoms with van der Waals surface area (Å²) in [5.74, 6) is -0.155. The lowest BCUT2D eigenvalue weighted by molar-refractivity contribution is -0.129. The van der Waals surface area contributed by atoms with Crippen LogP contribution in [0.15, 0.2) is 30.3 Å². The van der Waals surface area contributed by atoms with Crippen LogP contribution < -0.4 is 5.32 Å². The monoisotopic (exact) mass is 318 g/mol. The number of carbonyl (C=O) groups excluding carboxylic acids is 2. The van der Waals surface area contributed by atoms with E-state index in [-0.39, 0.29) is 17.7 Å². The van der Waals surface area contributed by atoms with E-state index in [1.165, 1.54) is 5.56 Å². The first kappa shape index (κ1) is 17.5. The smallest absolute Gasteiger partial charge is 0.225 e. The van der Waals surface area contributed by atoms with Crippen LogP contribution in [0.4, 0.5) is 0 Å². The first-order chi connectivity index (χ1) is 11.2. The average Bonchev–Trinajstić information content (AvgIpc) is 2.94. The SMILES string of the molecule is CCOCCCNC(=O)[C@@H]1CC(=O)N(CCc2ccccc2)C1. The maximum Gasteiger partial charge on any atom is 0.225 e. The van der Waals surface area contributed by atoms with E-state index >= 15 is 0 Å². The Balaban J connectivity index is 1.70. The number of carbonyl (C=O) groups is 2. The van der Waals surface area contributed by atoms with Crippen LogP contribution in [0.25, 0.3) is 0 Å². The highest BCUT2D eigenvalue weighted by atomic mass is 16.5. The lowest BCUT2D eigenvalue weighted by Crippen LogP contribution is -2.34. The molecule has 0 aliphatic carbocycles. The molecule has 5 heteroatoms. The third-order valence-electron chi connectivity index (χ3n) is 4.07. The van der Waals surface area contributed by atoms with Crippen LogP contribution in [0.3, 0.4) is 0 Å². The summed E-state index contributed by atoms with van der Waals surface area (Å²) in [6.45, 7) is 5.12. The molecule has 0 aromatic heterocycles. The van der Waals surface area contributed by atoms with Gasteiger partial charge < -0.3 is 15.0 Å². The first-order valence-corrected chi connectivity index (χ1v) is 8.38. The molecule has 0 spiro atoms. The summed E-state index contributed by atoms with van der Waals surface area (Å²) in [5, 5.41) is 2.90. The molecule has 126 valence electrons. The van der Waals surface area contributed by atoms with Gasteiger partial charge in [-0.3, -0.25) is 9.59 Å². The molecule has 1 heterocycles. The molecule has 0 unspecified atom stereocenters. The summed E-state index contributed by atoms with van der Waals surface area (Å²) in [6.07, 6.45) is 1.96. The standard InChI is InChI=1S/C18H26N2O3/c1-2-23-12-6-10-19-18(22)16-13-17(21)20(14-16)11-9-15-7-4-3-5-8-15/h3-5,7-8,16H,2,6,9-14H2,1H3,(H,19,22)/t16-/m1/s1. The minimum Gasteiger partial charge on any atom is -0.382 e. The second kappa shape index (κ2) is 9.30. The van der Waals surface area contributed by atoms with Crippen molar-refractivity contribution >= 4 is 11.8 Å². The summed E-state index contributed by atoms with van der Waals surface area (Å²) in [6, 6.07) is 10.1. The Labute approximate surface area is 138 Å². The number of benzene rings is 1. The Bertz CT molecular complexity index is 504. The number of nitrogens with zero attached hydrogens (tertiary/aromatic N) is 1. The highest BCUT2D eigenvalue weighted by Gasteiger charge is 2.33. The van der Waals surface area contributed by atoms with Gasteiger partial charge in [0.25, 0.3) is 0 Å². The minimum atomic E-state index is -0.217. The van der Waals surface area contributed by atoms with Crippen LogP contribution in [0, 0.1) is 5.92 Å². The van der Waals surface area contributed by atoms with Gasteiger partial charge in [0.05, 0.1) is 5.92 Å². The number of nitrogens with one attached hydrogen (secondary N) is 1. The normalized spacial score (nSPS) is 17.5. The van der Waals surface area contributed by atoms with Gasteiger partial charge >= 0.3 is 0 Å². The maximum absolute atomic E-state index is 12.1. The lowest BCUT2D eigenvalue weighted by Gasteiger charge is -2.16. The predicted octanol–water partition coefficient (Wildman–Crippen LogP) is 1.62. The van der Waals surface area contributed by atoms with E-state index in [4.69, 9.17) is 4.74 Å². The molecule has 23 heavy (non-hydrogen) atoms. The van der Waals surface area contributed by atoms with E-state index in [0.717, 1.165) is 12.8 Å². The molecule has 0 radical (unpaired) electrons. The molecule has 1 fully saturated rings. The summed E-state index contributed by atoms with van der Waals surface area (Å²) in [5.41, 5.74) is 1.21. The van der Waals surface area contributed by atoms with Gasteiger partial charge in [0.2, 0.25) is 11.8 Å². The Hall–Kier alpha value is -1.88. The summed E-state index contributed by atoms with van der Waals surface area (Å²) in [7, 11) is 0. The maximum atomic E-state index is 12.1. The van der Waals surface area contributed by atoms with Crippen LogP contribution in [-0.2, 0) is 20.7 Å². The molecule has 5 nitrogen and oxygen atoms in total. The van der Waals surface area contributed by atoms with Crippen LogP contribution in [0.5, 0.6) is 0 Å². The lowest BCUT2D eigenvalue weighted by atomic mass is 10.1. The highest BCUT2D eigenvalue weighted by Crippen LogP contribution is 2.18. The van der Waals surface area contributed by atoms with Crippen molar-refractivity contribution in [3.63, 3.8) is 0 Å². The van der Waals surface area contributed by atoms with Crippen molar-refractivity contribution in [1.82, 2.24) is 10.2 Å². The second-order valence-corrected chi connectivity index (χ2v) is 5.82. The van der Waals surface area contributed by atoms with E-state index in [9.17, 15) is 9.59 Å². The Morgan fingerprint density at radius 2 is 2.13 bits per heavy atom. The number of hydrogen-bond acceptors (Lipinski definition) is 3. The molecule has 1 atom stereocenters. The second-order valence-electron chi connectivity index (χ2n) is 5.82. The largest absolute Gasteiger partial charge is 0.382 e. The average molecular weight is 318 g/mol. The topological polar surface area (TPSA) is 58.6 Å². The molecule has 1 N–H and O–H groups in total. The highest BCUT2D eigenvalue weighted by molar-refractivity contribution is 5.89. The van der Waals surface area contributed by atoms with Gasteiger partial charge in [-0.1, -0.05) is 30.3 Å². The molecule has 1 aliphatic heterocycles. The van der Waals surface area contributed by atoms with Crippen LogP contribution >= 0.6 is 0 Å². The van der Waals surface area contributed by atoms with Crippen molar-refractivity contribution in [2.45, 2.75) is 26.2 Å². The molecule has 1 aromatic carbocycles. The van der Waals surface area contributed by atoms with E-state index in [1.54, 1.807) is 4.90 Å². The minimum absolute atomic E-state index is 0.0166. The Kier molecular flexibility index (Phi) is 7.07. The zero-order chi connectivity index (χ0) is 16.5. The molecular weight excluding hydrogens is 292 g/mol. The van der Waals surface area contributed by atoms with Crippen molar-refractivity contribution in [1.29, 1.82) is 0 Å². The zero-order valence-electron chi connectivity index (χ0n) is 13.8. The van der Waals surface area contributed by atoms with Gasteiger partial charge in [-0.2, -0.15) is 0 Å². The van der Waals surface area contributed by atoms with Gasteiger partial charge in [0.1, 0.15) is 0 Å². The predicted molar refractivity (Wildman–Crippen MR) is 89.0 cm³/mol. The van der Waals surface area contributed by atoms with E-state index in [2.05, 4.69) is 17.4 Å². The fraction of sp³-hybridized carbons (Fsp3) is 0.556. The molecular formula is C18H26N2O3. The quantitative estimate of drug-likeness (QED) is 0.704. The zero-order valence-corrected chi connectivity index (χ0v) is 13.8. The van der Waals surface area contributed by atoms with Crippen LogP contribution in [-0.4, -0.2) is 49.6 Å². The van der Waals surface area contributed by atoms with E-state index in [1.807, 2.05) is 25.1 Å². The van der Waals surface area contributed by atoms with Gasteiger partial charge in [-0.15, -0.1) is 0 Å². The van der Waals surface area contributed by atoms with Crippen molar-refractivity contribution in [2.75, 3.05) is 32.8 Å². The van der Waals surface area contributed by atoms with Crippen molar-refractivity contribution in [2.24, 2.45) is 5.92 Å². The molecule has 1 aromatic rings. The van der Waals surface area contributed by atoms with E-state index in [0.29, 0.717) is 39.3 Å². The third-order valence-corrected chi connectivity index (χ3v) is 4.07. The van der Waals surface area contributed by atoms with Crippen LogP contribution in [0.1, 0.15) is 25.3 Å². The Morgan fingerprint density at radius 3 is 2.87 bits per heavy atom. The molecule has 2 rings (SSSR count). The van der Waals surface area contributed by atoms with Gasteiger partial charge in [-0.05, 0) is 25.3 Å². The number of rotatable bonds is 9. The fourth-order valence-electron chi connectivity index (χ4n) is 2.75. The number of ether oxygens (including phenoxy) is 1. The van der Waals surface area contributed by atoms with Crippen LogP contribution in [0.2, 0.25) is 0 Å². The van der Waals surface area contributed by atoms with E-state index < -0.39 is 0 Å². The number of amides is 2. The van der Waals surface area contributed by atoms with Crippen molar-refractivity contribution < 1.29 is 14.3 Å². The molecule has 0 bridgehead atoms. The Morgan fingerprint density at radius 1 is 1.35 bits per heavy atom. The summed E-state index contributed by atoms with van der Waals surface area (Å²) in [4.78, 5) is 26.0. The van der Waals surface area contributed by atoms with Gasteiger partial charge in [0, 0.05) is 39.3 Å². The summed E-state index contributed by atoms with van der Waals surface area (Å²) < 4.78 is 5.24. The van der Waals surface area contributed by atoms with Crippen molar-refractivity contribution in [3.05, 3.63) is 35.9 Å². The number of hydrogen-bond donors (Lipinski definition) is 1. The first-order valence-electron chi connectivity index (χ1n) is 8.38. The fourth-order valence-corrected chi connectivity index (χ4v) is 2.75. The molecule has 1 saturated heterocycles. The number of likely N-dealkylation sites (tertiary alicyclic amines) is 1. The van der Waals surface area contributed by atoms with Gasteiger partial charge in [-0.25, -0.2) is 0 Å². The molecule has 2 amide bonds.